The summed E-state index contributed by atoms with van der Waals surface area (Å²) >= 11 is 0. The van der Waals surface area contributed by atoms with Gasteiger partial charge in [-0.1, -0.05) is 24.3 Å². The fourth-order valence-electron chi connectivity index (χ4n) is 3.85. The van der Waals surface area contributed by atoms with Crippen LogP contribution in [0.2, 0.25) is 0 Å². The molecule has 1 aliphatic heterocycles. The molecule has 6 nitrogen and oxygen atoms in total. The van der Waals surface area contributed by atoms with Crippen LogP contribution in [-0.4, -0.2) is 38.4 Å². The number of carbonyl (C=O) groups excluding carboxylic acids is 2. The summed E-state index contributed by atoms with van der Waals surface area (Å²) in [4.78, 5) is 39.5. The molecular weight excluding hydrogens is 375 g/mol. The van der Waals surface area contributed by atoms with Crippen molar-refractivity contribution in [2.75, 3.05) is 0 Å². The zero-order valence-electron chi connectivity index (χ0n) is 16.8. The molecule has 3 rings (SSSR count). The summed E-state index contributed by atoms with van der Waals surface area (Å²) in [7, 11) is 0. The van der Waals surface area contributed by atoms with Gasteiger partial charge in [0.05, 0.1) is 23.7 Å². The normalized spacial score (nSPS) is 14.7. The molecule has 0 aromatic heterocycles. The van der Waals surface area contributed by atoms with Crippen molar-refractivity contribution in [2.45, 2.75) is 45.8 Å². The molecule has 0 fully saturated rings. The van der Waals surface area contributed by atoms with Crippen molar-refractivity contribution >= 4 is 17.9 Å². The Morgan fingerprint density at radius 3 is 2.10 bits per heavy atom. The van der Waals surface area contributed by atoms with E-state index >= 15 is 0 Å². The molecule has 3 amide bonds. The lowest BCUT2D eigenvalue weighted by molar-refractivity contribution is 0.0627. The van der Waals surface area contributed by atoms with Gasteiger partial charge in [0.1, 0.15) is 5.82 Å². The van der Waals surface area contributed by atoms with Crippen molar-refractivity contribution < 1.29 is 23.9 Å². The average molecular weight is 398 g/mol. The Morgan fingerprint density at radius 1 is 1.07 bits per heavy atom. The average Bonchev–Trinajstić information content (AvgIpc) is 2.87. The fourth-order valence-corrected chi connectivity index (χ4v) is 3.85. The minimum absolute atomic E-state index is 0.130. The quantitative estimate of drug-likeness (QED) is 0.772. The highest BCUT2D eigenvalue weighted by molar-refractivity contribution is 6.21. The first-order valence-corrected chi connectivity index (χ1v) is 9.28. The van der Waals surface area contributed by atoms with Gasteiger partial charge in [-0.3, -0.25) is 19.4 Å². The standard InChI is InChI=1S/C22H23FN2O4/c1-13(25(21(28)29)22(2,3)4)14-10-7-11-18(23)17(14)12-24-19(26)15-8-5-6-9-16(15)20(24)27/h5-11,13H,12H2,1-4H3,(H,28,29)/t13-/m0/s1. The second-order valence-electron chi connectivity index (χ2n) is 8.05. The fraction of sp³-hybridized carbons (Fsp3) is 0.318. The number of carbonyl (C=O) groups is 3. The summed E-state index contributed by atoms with van der Waals surface area (Å²) in [6.45, 7) is 6.65. The molecule has 0 saturated carbocycles. The van der Waals surface area contributed by atoms with Crippen molar-refractivity contribution in [3.8, 4) is 0 Å². The number of amides is 3. The highest BCUT2D eigenvalue weighted by Gasteiger charge is 2.37. The van der Waals surface area contributed by atoms with Crippen LogP contribution in [-0.2, 0) is 6.54 Å². The number of carboxylic acid groups (broad SMARTS) is 1. The van der Waals surface area contributed by atoms with Gasteiger partial charge in [0, 0.05) is 11.1 Å². The lowest BCUT2D eigenvalue weighted by atomic mass is 9.95. The highest BCUT2D eigenvalue weighted by Crippen LogP contribution is 2.33. The van der Waals surface area contributed by atoms with E-state index < -0.39 is 35.3 Å². The van der Waals surface area contributed by atoms with Crippen LogP contribution >= 0.6 is 0 Å². The Balaban J connectivity index is 2.01. The van der Waals surface area contributed by atoms with Crippen molar-refractivity contribution in [3.63, 3.8) is 0 Å². The van der Waals surface area contributed by atoms with Crippen LogP contribution in [0.25, 0.3) is 0 Å². The maximum atomic E-state index is 14.8. The lowest BCUT2D eigenvalue weighted by Gasteiger charge is -2.39. The van der Waals surface area contributed by atoms with E-state index in [0.29, 0.717) is 5.56 Å². The molecule has 1 atom stereocenters. The molecule has 1 aliphatic rings. The molecule has 0 spiro atoms. The molecule has 7 heteroatoms. The SMILES string of the molecule is C[C@@H](c1cccc(F)c1CN1C(=O)c2ccccc2C1=O)N(C(=O)O)C(C)(C)C. The van der Waals surface area contributed by atoms with Crippen molar-refractivity contribution in [3.05, 3.63) is 70.5 Å². The number of fused-ring (bicyclic) bond motifs is 1. The van der Waals surface area contributed by atoms with E-state index in [1.54, 1.807) is 58.0 Å². The van der Waals surface area contributed by atoms with Crippen molar-refractivity contribution in [2.24, 2.45) is 0 Å². The molecule has 1 N–H and O–H groups in total. The first-order valence-electron chi connectivity index (χ1n) is 9.28. The summed E-state index contributed by atoms with van der Waals surface area (Å²) < 4.78 is 14.8. The van der Waals surface area contributed by atoms with Gasteiger partial charge in [-0.2, -0.15) is 0 Å². The van der Waals surface area contributed by atoms with Gasteiger partial charge < -0.3 is 5.11 Å². The maximum Gasteiger partial charge on any atom is 0.408 e. The van der Waals surface area contributed by atoms with Crippen molar-refractivity contribution in [1.29, 1.82) is 0 Å². The monoisotopic (exact) mass is 398 g/mol. The molecular formula is C22H23FN2O4. The van der Waals surface area contributed by atoms with Gasteiger partial charge in [-0.05, 0) is 51.5 Å². The third-order valence-electron chi connectivity index (χ3n) is 5.12. The number of benzene rings is 2. The van der Waals surface area contributed by atoms with Gasteiger partial charge >= 0.3 is 6.09 Å². The summed E-state index contributed by atoms with van der Waals surface area (Å²) in [5.74, 6) is -1.57. The van der Waals surface area contributed by atoms with E-state index in [1.807, 2.05) is 0 Å². The first kappa shape index (κ1) is 20.5. The van der Waals surface area contributed by atoms with E-state index in [1.165, 1.54) is 17.0 Å². The summed E-state index contributed by atoms with van der Waals surface area (Å²) in [6.07, 6.45) is -1.14. The third-order valence-corrected chi connectivity index (χ3v) is 5.12. The largest absolute Gasteiger partial charge is 0.465 e. The molecule has 0 unspecified atom stereocenters. The Kier molecular flexibility index (Phi) is 5.17. The van der Waals surface area contributed by atoms with Crippen LogP contribution in [0.4, 0.5) is 9.18 Å². The van der Waals surface area contributed by atoms with E-state index in [0.717, 1.165) is 4.90 Å². The Bertz CT molecular complexity index is 962. The number of rotatable bonds is 4. The van der Waals surface area contributed by atoms with Crippen LogP contribution in [0.5, 0.6) is 0 Å². The number of halogens is 1. The minimum atomic E-state index is -1.14. The molecule has 0 aliphatic carbocycles. The zero-order chi connectivity index (χ0) is 21.5. The molecule has 2 aromatic rings. The second kappa shape index (κ2) is 7.31. The summed E-state index contributed by atoms with van der Waals surface area (Å²) in [5, 5.41) is 9.70. The van der Waals surface area contributed by atoms with Gasteiger partial charge in [-0.15, -0.1) is 0 Å². The number of hydrogen-bond acceptors (Lipinski definition) is 3. The lowest BCUT2D eigenvalue weighted by Crippen LogP contribution is -2.46. The second-order valence-corrected chi connectivity index (χ2v) is 8.05. The molecule has 0 radical (unpaired) electrons. The smallest absolute Gasteiger partial charge is 0.408 e. The molecule has 29 heavy (non-hydrogen) atoms. The van der Waals surface area contributed by atoms with Gasteiger partial charge in [0.2, 0.25) is 0 Å². The third kappa shape index (κ3) is 3.60. The predicted octanol–water partition coefficient (Wildman–Crippen LogP) is 4.46. The van der Waals surface area contributed by atoms with E-state index in [4.69, 9.17) is 0 Å². The molecule has 1 heterocycles. The predicted molar refractivity (Wildman–Crippen MR) is 105 cm³/mol. The number of nitrogens with zero attached hydrogens (tertiary/aromatic N) is 2. The molecule has 2 aromatic carbocycles. The Morgan fingerprint density at radius 2 is 1.62 bits per heavy atom. The Labute approximate surface area is 168 Å². The zero-order valence-corrected chi connectivity index (χ0v) is 16.8. The summed E-state index contributed by atoms with van der Waals surface area (Å²) in [5.41, 5.74) is 0.379. The van der Waals surface area contributed by atoms with Crippen LogP contribution in [0, 0.1) is 5.82 Å². The topological polar surface area (TPSA) is 77.9 Å². The number of imide groups is 1. The van der Waals surface area contributed by atoms with Crippen LogP contribution in [0.15, 0.2) is 42.5 Å². The molecule has 0 saturated heterocycles. The Hall–Kier alpha value is -3.22. The maximum absolute atomic E-state index is 14.8. The van der Waals surface area contributed by atoms with Gasteiger partial charge in [-0.25, -0.2) is 9.18 Å². The molecule has 0 bridgehead atoms. The summed E-state index contributed by atoms with van der Waals surface area (Å²) in [6, 6.07) is 10.1. The van der Waals surface area contributed by atoms with Crippen LogP contribution in [0.1, 0.15) is 65.6 Å². The van der Waals surface area contributed by atoms with Crippen LogP contribution < -0.4 is 0 Å². The first-order chi connectivity index (χ1) is 13.5. The molecule has 152 valence electrons. The van der Waals surface area contributed by atoms with Crippen molar-refractivity contribution in [1.82, 2.24) is 9.80 Å². The van der Waals surface area contributed by atoms with Gasteiger partial charge in [0.25, 0.3) is 11.8 Å². The van der Waals surface area contributed by atoms with Gasteiger partial charge in [0.15, 0.2) is 0 Å². The number of hydrogen-bond donors (Lipinski definition) is 1. The van der Waals surface area contributed by atoms with E-state index in [2.05, 4.69) is 0 Å². The van der Waals surface area contributed by atoms with Crippen LogP contribution in [0.3, 0.4) is 0 Å². The highest BCUT2D eigenvalue weighted by atomic mass is 19.1. The van der Waals surface area contributed by atoms with E-state index in [-0.39, 0.29) is 23.2 Å². The van der Waals surface area contributed by atoms with E-state index in [9.17, 15) is 23.9 Å². The minimum Gasteiger partial charge on any atom is -0.465 e.